The first-order valence-corrected chi connectivity index (χ1v) is 7.35. The average Bonchev–Trinajstić information content (AvgIpc) is 2.39. The van der Waals surface area contributed by atoms with Crippen molar-refractivity contribution in [1.82, 2.24) is 0 Å². The highest BCUT2D eigenvalue weighted by atomic mass is 31.1. The molecular formula is C15H14O2P+. The van der Waals surface area contributed by atoms with Crippen molar-refractivity contribution in [2.45, 2.75) is 19.8 Å². The van der Waals surface area contributed by atoms with Gasteiger partial charge in [0.25, 0.3) is 0 Å². The van der Waals surface area contributed by atoms with E-state index in [9.17, 15) is 4.57 Å². The molecule has 2 nitrogen and oxygen atoms in total. The number of hydrogen-bond donors (Lipinski definition) is 0. The van der Waals surface area contributed by atoms with Crippen LogP contribution < -0.4 is 0 Å². The highest BCUT2D eigenvalue weighted by Gasteiger charge is 2.16. The number of fused-ring (bicyclic) bond motifs is 3. The minimum absolute atomic E-state index is 0.722. The topological polar surface area (TPSA) is 30.2 Å². The average molecular weight is 257 g/mol. The Morgan fingerprint density at radius 1 is 1.11 bits per heavy atom. The molecule has 0 amide bonds. The molecule has 1 aromatic heterocycles. The molecule has 0 bridgehead atoms. The fraction of sp³-hybridized carbons (Fsp3) is 0.200. The van der Waals surface area contributed by atoms with Crippen LogP contribution in [0.5, 0.6) is 0 Å². The zero-order chi connectivity index (χ0) is 12.5. The molecule has 2 aromatic carbocycles. The van der Waals surface area contributed by atoms with Crippen molar-refractivity contribution in [2.75, 3.05) is 0 Å². The lowest BCUT2D eigenvalue weighted by Crippen LogP contribution is -1.83. The lowest BCUT2D eigenvalue weighted by Gasteiger charge is -2.00. The normalized spacial score (nSPS) is 12.2. The Labute approximate surface area is 106 Å². The third-order valence-electron chi connectivity index (χ3n) is 3.15. The van der Waals surface area contributed by atoms with Gasteiger partial charge < -0.3 is 0 Å². The minimum atomic E-state index is -1.77. The van der Waals surface area contributed by atoms with Crippen molar-refractivity contribution in [1.29, 1.82) is 0 Å². The van der Waals surface area contributed by atoms with E-state index in [1.807, 2.05) is 36.4 Å². The van der Waals surface area contributed by atoms with Crippen LogP contribution in [-0.4, -0.2) is 0 Å². The van der Waals surface area contributed by atoms with E-state index in [4.69, 9.17) is 4.20 Å². The van der Waals surface area contributed by atoms with E-state index in [1.165, 1.54) is 5.56 Å². The minimum Gasteiger partial charge on any atom is -0.250 e. The Hall–Kier alpha value is -1.66. The highest BCUT2D eigenvalue weighted by molar-refractivity contribution is 7.37. The van der Waals surface area contributed by atoms with E-state index in [-0.39, 0.29) is 0 Å². The van der Waals surface area contributed by atoms with Crippen LogP contribution in [0.15, 0.2) is 46.7 Å². The fourth-order valence-corrected chi connectivity index (χ4v) is 3.32. The molecule has 1 unspecified atom stereocenters. The SMILES string of the molecule is CCCc1ccc2c(c1)c1ccccc1o[p+]2=O. The molecule has 0 aliphatic heterocycles. The summed E-state index contributed by atoms with van der Waals surface area (Å²) in [4.78, 5) is 0. The third kappa shape index (κ3) is 1.83. The van der Waals surface area contributed by atoms with E-state index in [1.54, 1.807) is 0 Å². The van der Waals surface area contributed by atoms with E-state index >= 15 is 0 Å². The quantitative estimate of drug-likeness (QED) is 0.584. The third-order valence-corrected chi connectivity index (χ3v) is 4.30. The Morgan fingerprint density at radius 3 is 2.78 bits per heavy atom. The summed E-state index contributed by atoms with van der Waals surface area (Å²) in [6.07, 6.45) is 2.16. The van der Waals surface area contributed by atoms with Crippen LogP contribution in [0.1, 0.15) is 18.9 Å². The first kappa shape index (κ1) is 11.4. The number of benzene rings is 2. The summed E-state index contributed by atoms with van der Waals surface area (Å²) in [5.41, 5.74) is 2.01. The maximum absolute atomic E-state index is 12.0. The van der Waals surface area contributed by atoms with Crippen LogP contribution in [0.25, 0.3) is 21.5 Å². The van der Waals surface area contributed by atoms with Crippen LogP contribution in [0.4, 0.5) is 0 Å². The fourth-order valence-electron chi connectivity index (χ4n) is 2.31. The second-order valence-electron chi connectivity index (χ2n) is 4.45. The molecule has 18 heavy (non-hydrogen) atoms. The molecule has 0 saturated carbocycles. The van der Waals surface area contributed by atoms with Crippen LogP contribution in [0.3, 0.4) is 0 Å². The van der Waals surface area contributed by atoms with Gasteiger partial charge in [-0.25, -0.2) is 4.20 Å². The maximum atomic E-state index is 12.0. The van der Waals surface area contributed by atoms with Gasteiger partial charge in [-0.1, -0.05) is 37.6 Å². The molecule has 1 heterocycles. The van der Waals surface area contributed by atoms with Gasteiger partial charge in [0.05, 0.1) is 0 Å². The summed E-state index contributed by atoms with van der Waals surface area (Å²) in [5, 5.41) is 2.91. The van der Waals surface area contributed by atoms with Gasteiger partial charge in [-0.15, -0.1) is 0 Å². The first-order valence-electron chi connectivity index (χ1n) is 6.17. The Morgan fingerprint density at radius 2 is 1.94 bits per heavy atom. The molecule has 90 valence electrons. The maximum Gasteiger partial charge on any atom is 0.597 e. The molecule has 0 saturated heterocycles. The molecule has 1 atom stereocenters. The number of aryl methyl sites for hydroxylation is 1. The lowest BCUT2D eigenvalue weighted by atomic mass is 10.1. The van der Waals surface area contributed by atoms with Gasteiger partial charge in [0, 0.05) is 10.8 Å². The van der Waals surface area contributed by atoms with Crippen molar-refractivity contribution in [2.24, 2.45) is 0 Å². The summed E-state index contributed by atoms with van der Waals surface area (Å²) in [6, 6.07) is 13.9. The van der Waals surface area contributed by atoms with Crippen molar-refractivity contribution in [3.05, 3.63) is 48.0 Å². The largest absolute Gasteiger partial charge is 0.597 e. The smallest absolute Gasteiger partial charge is 0.250 e. The summed E-state index contributed by atoms with van der Waals surface area (Å²) in [5.74, 6) is 0. The monoisotopic (exact) mass is 257 g/mol. The van der Waals surface area contributed by atoms with Crippen molar-refractivity contribution in [3.63, 3.8) is 0 Å². The first-order chi connectivity index (χ1) is 8.79. The number of hydrogen-bond acceptors (Lipinski definition) is 2. The molecule has 0 fully saturated rings. The molecule has 0 radical (unpaired) electrons. The van der Waals surface area contributed by atoms with E-state index < -0.39 is 7.65 Å². The lowest BCUT2D eigenvalue weighted by molar-refractivity contribution is 0.563. The zero-order valence-corrected chi connectivity index (χ0v) is 11.1. The standard InChI is InChI=1S/C15H14O2P/c1-2-5-11-8-9-15-13(10-11)12-6-3-4-7-14(12)17-18(15)16/h3-4,6-10H,2,5H2,1H3/q+1. The summed E-state index contributed by atoms with van der Waals surface area (Å²) in [7, 11) is -1.77. The van der Waals surface area contributed by atoms with Crippen molar-refractivity contribution >= 4 is 29.1 Å². The molecule has 3 rings (SSSR count). The van der Waals surface area contributed by atoms with Gasteiger partial charge >= 0.3 is 7.65 Å². The Bertz CT molecular complexity index is 774. The van der Waals surface area contributed by atoms with Gasteiger partial charge in [-0.2, -0.15) is 0 Å². The molecule has 0 aliphatic rings. The zero-order valence-electron chi connectivity index (χ0n) is 10.2. The van der Waals surface area contributed by atoms with Crippen LogP contribution >= 0.6 is 7.65 Å². The Balaban J connectivity index is 2.44. The molecular weight excluding hydrogens is 243 g/mol. The van der Waals surface area contributed by atoms with Gasteiger partial charge in [-0.3, -0.25) is 0 Å². The predicted octanol–water partition coefficient (Wildman–Crippen LogP) is 5.28. The summed E-state index contributed by atoms with van der Waals surface area (Å²) >= 11 is 0. The second kappa shape index (κ2) is 4.55. The van der Waals surface area contributed by atoms with Gasteiger partial charge in [0.2, 0.25) is 5.12 Å². The molecule has 0 aliphatic carbocycles. The van der Waals surface area contributed by atoms with Gasteiger partial charge in [-0.05, 0) is 34.7 Å². The van der Waals surface area contributed by atoms with E-state index in [0.717, 1.165) is 34.3 Å². The molecule has 3 aromatic rings. The van der Waals surface area contributed by atoms with Crippen molar-refractivity contribution < 1.29 is 8.76 Å². The Kier molecular flexibility index (Phi) is 2.89. The van der Waals surface area contributed by atoms with Crippen LogP contribution in [-0.2, 0) is 11.0 Å². The molecule has 3 heteroatoms. The summed E-state index contributed by atoms with van der Waals surface area (Å²) in [6.45, 7) is 2.16. The summed E-state index contributed by atoms with van der Waals surface area (Å²) < 4.78 is 17.5. The highest BCUT2D eigenvalue weighted by Crippen LogP contribution is 2.35. The van der Waals surface area contributed by atoms with Crippen molar-refractivity contribution in [3.8, 4) is 0 Å². The van der Waals surface area contributed by atoms with Gasteiger partial charge in [0.1, 0.15) is 0 Å². The molecule has 0 N–H and O–H groups in total. The van der Waals surface area contributed by atoms with E-state index in [2.05, 4.69) is 13.0 Å². The van der Waals surface area contributed by atoms with E-state index in [0.29, 0.717) is 0 Å². The predicted molar refractivity (Wildman–Crippen MR) is 75.3 cm³/mol. The van der Waals surface area contributed by atoms with Gasteiger partial charge in [0.15, 0.2) is 5.58 Å². The van der Waals surface area contributed by atoms with Crippen LogP contribution in [0, 0.1) is 0 Å². The number of para-hydroxylation sites is 1. The number of rotatable bonds is 2. The second-order valence-corrected chi connectivity index (χ2v) is 5.62. The molecule has 0 spiro atoms. The van der Waals surface area contributed by atoms with Crippen LogP contribution in [0.2, 0.25) is 0 Å².